The van der Waals surface area contributed by atoms with Crippen LogP contribution < -0.4 is 5.32 Å². The second kappa shape index (κ2) is 7.75. The van der Waals surface area contributed by atoms with E-state index >= 15 is 0 Å². The SMILES string of the molecule is COC(=O)c1sccc1NC(=O)c1cc(C)n(-c2ccccc2C(F)(F)F)c1C. The number of alkyl halides is 3. The van der Waals surface area contributed by atoms with Gasteiger partial charge in [-0.15, -0.1) is 11.3 Å². The van der Waals surface area contributed by atoms with E-state index < -0.39 is 23.6 Å². The number of aromatic nitrogens is 1. The number of para-hydroxylation sites is 1. The van der Waals surface area contributed by atoms with Crippen molar-refractivity contribution >= 4 is 28.9 Å². The van der Waals surface area contributed by atoms with Gasteiger partial charge >= 0.3 is 12.1 Å². The smallest absolute Gasteiger partial charge is 0.418 e. The molecule has 3 rings (SSSR count). The van der Waals surface area contributed by atoms with Crippen molar-refractivity contribution in [3.05, 3.63) is 69.2 Å². The highest BCUT2D eigenvalue weighted by molar-refractivity contribution is 7.12. The fourth-order valence-electron chi connectivity index (χ4n) is 3.12. The first-order valence-corrected chi connectivity index (χ1v) is 9.35. The van der Waals surface area contributed by atoms with Crippen molar-refractivity contribution in [2.45, 2.75) is 20.0 Å². The lowest BCUT2D eigenvalue weighted by molar-refractivity contribution is -0.137. The number of esters is 1. The summed E-state index contributed by atoms with van der Waals surface area (Å²) in [6.07, 6.45) is -4.53. The standard InChI is InChI=1S/C20H17F3N2O3S/c1-11-10-13(18(26)24-15-8-9-29-17(15)19(27)28-3)12(2)25(11)16-7-5-4-6-14(16)20(21,22)23/h4-10H,1-3H3,(H,24,26). The number of methoxy groups -OCH3 is 1. The lowest BCUT2D eigenvalue weighted by Gasteiger charge is -2.16. The zero-order valence-corrected chi connectivity index (χ0v) is 16.6. The number of carbonyl (C=O) groups excluding carboxylic acids is 2. The van der Waals surface area contributed by atoms with Crippen LogP contribution >= 0.6 is 11.3 Å². The number of anilines is 1. The minimum atomic E-state index is -4.53. The van der Waals surface area contributed by atoms with Crippen LogP contribution in [0.2, 0.25) is 0 Å². The second-order valence-corrected chi connectivity index (χ2v) is 7.16. The molecule has 3 aromatic rings. The van der Waals surface area contributed by atoms with Crippen LogP contribution in [0.1, 0.15) is 37.0 Å². The van der Waals surface area contributed by atoms with Gasteiger partial charge in [0.1, 0.15) is 4.88 Å². The van der Waals surface area contributed by atoms with E-state index in [9.17, 15) is 22.8 Å². The van der Waals surface area contributed by atoms with Crippen LogP contribution in [-0.4, -0.2) is 23.6 Å². The highest BCUT2D eigenvalue weighted by atomic mass is 32.1. The Morgan fingerprint density at radius 3 is 2.48 bits per heavy atom. The zero-order valence-electron chi connectivity index (χ0n) is 15.8. The third-order valence-electron chi connectivity index (χ3n) is 4.41. The lowest BCUT2D eigenvalue weighted by atomic mass is 10.1. The largest absolute Gasteiger partial charge is 0.465 e. The summed E-state index contributed by atoms with van der Waals surface area (Å²) in [5, 5.41) is 4.26. The Bertz CT molecular complexity index is 1080. The molecule has 2 aromatic heterocycles. The molecule has 0 fully saturated rings. The van der Waals surface area contributed by atoms with E-state index in [4.69, 9.17) is 0 Å². The molecule has 0 aliphatic carbocycles. The summed E-state index contributed by atoms with van der Waals surface area (Å²) in [6, 6.07) is 8.27. The van der Waals surface area contributed by atoms with Crippen LogP contribution in [0.4, 0.5) is 18.9 Å². The summed E-state index contributed by atoms with van der Waals surface area (Å²) >= 11 is 1.11. The van der Waals surface area contributed by atoms with E-state index in [-0.39, 0.29) is 21.8 Å². The third kappa shape index (κ3) is 3.91. The summed E-state index contributed by atoms with van der Waals surface area (Å²) < 4.78 is 46.4. The van der Waals surface area contributed by atoms with Crippen LogP contribution in [0.3, 0.4) is 0 Å². The van der Waals surface area contributed by atoms with E-state index in [1.54, 1.807) is 25.3 Å². The third-order valence-corrected chi connectivity index (χ3v) is 5.30. The molecule has 0 unspecified atom stereocenters. The quantitative estimate of drug-likeness (QED) is 0.587. The van der Waals surface area contributed by atoms with Crippen LogP contribution in [-0.2, 0) is 10.9 Å². The number of hydrogen-bond acceptors (Lipinski definition) is 4. The van der Waals surface area contributed by atoms with Gasteiger partial charge in [-0.2, -0.15) is 13.2 Å². The van der Waals surface area contributed by atoms with Crippen molar-refractivity contribution in [3.63, 3.8) is 0 Å². The van der Waals surface area contributed by atoms with Crippen molar-refractivity contribution in [1.82, 2.24) is 4.57 Å². The number of rotatable bonds is 4. The number of aryl methyl sites for hydroxylation is 1. The Balaban J connectivity index is 2.01. The number of ether oxygens (including phenoxy) is 1. The first-order valence-electron chi connectivity index (χ1n) is 8.47. The molecule has 5 nitrogen and oxygen atoms in total. The molecule has 29 heavy (non-hydrogen) atoms. The maximum atomic E-state index is 13.4. The fourth-order valence-corrected chi connectivity index (χ4v) is 3.89. The first-order chi connectivity index (χ1) is 13.6. The van der Waals surface area contributed by atoms with Crippen molar-refractivity contribution in [2.75, 3.05) is 12.4 Å². The highest BCUT2D eigenvalue weighted by Crippen LogP contribution is 2.35. The Morgan fingerprint density at radius 1 is 1.14 bits per heavy atom. The summed E-state index contributed by atoms with van der Waals surface area (Å²) in [4.78, 5) is 24.8. The highest BCUT2D eigenvalue weighted by Gasteiger charge is 2.34. The molecule has 0 aliphatic heterocycles. The number of nitrogens with zero attached hydrogens (tertiary/aromatic N) is 1. The molecule has 1 N–H and O–H groups in total. The number of nitrogens with one attached hydrogen (secondary N) is 1. The normalized spacial score (nSPS) is 11.4. The minimum Gasteiger partial charge on any atom is -0.465 e. The van der Waals surface area contributed by atoms with Crippen LogP contribution in [0.15, 0.2) is 41.8 Å². The Morgan fingerprint density at radius 2 is 1.83 bits per heavy atom. The molecule has 0 spiro atoms. The molecule has 0 bridgehead atoms. The van der Waals surface area contributed by atoms with Crippen LogP contribution in [0.25, 0.3) is 5.69 Å². The van der Waals surface area contributed by atoms with Gasteiger partial charge in [-0.05, 0) is 43.5 Å². The van der Waals surface area contributed by atoms with E-state index in [2.05, 4.69) is 10.1 Å². The number of halogens is 3. The average molecular weight is 422 g/mol. The maximum absolute atomic E-state index is 13.4. The molecular formula is C20H17F3N2O3S. The summed E-state index contributed by atoms with van der Waals surface area (Å²) in [6.45, 7) is 3.20. The number of benzene rings is 1. The molecule has 0 atom stereocenters. The molecular weight excluding hydrogens is 405 g/mol. The van der Waals surface area contributed by atoms with Gasteiger partial charge in [-0.25, -0.2) is 4.79 Å². The molecule has 152 valence electrons. The van der Waals surface area contributed by atoms with Crippen LogP contribution in [0.5, 0.6) is 0 Å². The van der Waals surface area contributed by atoms with Gasteiger partial charge in [-0.1, -0.05) is 12.1 Å². The molecule has 0 saturated carbocycles. The number of hydrogen-bond donors (Lipinski definition) is 1. The van der Waals surface area contributed by atoms with E-state index in [0.29, 0.717) is 11.4 Å². The van der Waals surface area contributed by atoms with E-state index in [1.165, 1.54) is 35.9 Å². The van der Waals surface area contributed by atoms with Gasteiger partial charge in [0.25, 0.3) is 5.91 Å². The summed E-state index contributed by atoms with van der Waals surface area (Å²) in [7, 11) is 1.24. The van der Waals surface area contributed by atoms with E-state index in [1.807, 2.05) is 0 Å². The fraction of sp³-hybridized carbons (Fsp3) is 0.200. The Kier molecular flexibility index (Phi) is 5.52. The van der Waals surface area contributed by atoms with Crippen molar-refractivity contribution in [1.29, 1.82) is 0 Å². The van der Waals surface area contributed by atoms with Crippen LogP contribution in [0, 0.1) is 13.8 Å². The van der Waals surface area contributed by atoms with Gasteiger partial charge in [0.2, 0.25) is 0 Å². The molecule has 1 amide bonds. The molecule has 2 heterocycles. The topological polar surface area (TPSA) is 60.3 Å². The maximum Gasteiger partial charge on any atom is 0.418 e. The zero-order chi connectivity index (χ0) is 21.3. The monoisotopic (exact) mass is 422 g/mol. The summed E-state index contributed by atoms with van der Waals surface area (Å²) in [5.74, 6) is -1.11. The van der Waals surface area contributed by atoms with Crippen molar-refractivity contribution in [3.8, 4) is 5.69 Å². The predicted molar refractivity (Wildman–Crippen MR) is 104 cm³/mol. The number of thiophene rings is 1. The molecule has 1 aromatic carbocycles. The van der Waals surface area contributed by atoms with Gasteiger partial charge in [-0.3, -0.25) is 4.79 Å². The molecule has 0 aliphatic rings. The summed E-state index contributed by atoms with van der Waals surface area (Å²) in [5.41, 5.74) is 0.475. The minimum absolute atomic E-state index is 0.0557. The Hall–Kier alpha value is -3.07. The van der Waals surface area contributed by atoms with Gasteiger partial charge in [0, 0.05) is 11.4 Å². The average Bonchev–Trinajstić information content (AvgIpc) is 3.24. The van der Waals surface area contributed by atoms with Gasteiger partial charge in [0.15, 0.2) is 0 Å². The van der Waals surface area contributed by atoms with Gasteiger partial charge < -0.3 is 14.6 Å². The van der Waals surface area contributed by atoms with Gasteiger partial charge in [0.05, 0.1) is 29.6 Å². The lowest BCUT2D eigenvalue weighted by Crippen LogP contribution is -2.16. The number of amides is 1. The molecule has 9 heteroatoms. The second-order valence-electron chi connectivity index (χ2n) is 6.24. The Labute approximate surface area is 168 Å². The number of carbonyl (C=O) groups is 2. The van der Waals surface area contributed by atoms with Crippen molar-refractivity contribution in [2.24, 2.45) is 0 Å². The molecule has 0 radical (unpaired) electrons. The first kappa shape index (κ1) is 20.7. The van der Waals surface area contributed by atoms with E-state index in [0.717, 1.165) is 17.4 Å². The molecule has 0 saturated heterocycles. The predicted octanol–water partition coefficient (Wildman–Crippen LogP) is 5.21. The van der Waals surface area contributed by atoms with Crippen molar-refractivity contribution < 1.29 is 27.5 Å².